The lowest BCUT2D eigenvalue weighted by Crippen LogP contribution is -2.38. The van der Waals surface area contributed by atoms with Gasteiger partial charge in [0.15, 0.2) is 0 Å². The van der Waals surface area contributed by atoms with Crippen LogP contribution in [0.15, 0.2) is 42.5 Å². The summed E-state index contributed by atoms with van der Waals surface area (Å²) in [5.74, 6) is 3.03. The van der Waals surface area contributed by atoms with Gasteiger partial charge in [0.1, 0.15) is 17.2 Å². The van der Waals surface area contributed by atoms with Crippen LogP contribution in [-0.4, -0.2) is 51.8 Å². The largest absolute Gasteiger partial charge is 0.497 e. The summed E-state index contributed by atoms with van der Waals surface area (Å²) in [6, 6.07) is 14.0. The van der Waals surface area contributed by atoms with Gasteiger partial charge in [-0.15, -0.1) is 0 Å². The summed E-state index contributed by atoms with van der Waals surface area (Å²) in [5.41, 5.74) is 2.35. The molecule has 0 saturated carbocycles. The van der Waals surface area contributed by atoms with Crippen molar-refractivity contribution in [2.45, 2.75) is 32.2 Å². The van der Waals surface area contributed by atoms with Crippen molar-refractivity contribution in [2.75, 3.05) is 41.0 Å². The Hall–Kier alpha value is -2.73. The van der Waals surface area contributed by atoms with Gasteiger partial charge in [-0.25, -0.2) is 0 Å². The second kappa shape index (κ2) is 11.6. The fraction of sp³-hybridized carbons (Fsp3) is 0.480. The molecule has 1 saturated heterocycles. The minimum absolute atomic E-state index is 0.0995. The lowest BCUT2D eigenvalue weighted by Gasteiger charge is -2.32. The molecule has 0 spiro atoms. The molecule has 0 aliphatic carbocycles. The van der Waals surface area contributed by atoms with Crippen molar-refractivity contribution in [3.05, 3.63) is 53.6 Å². The van der Waals surface area contributed by atoms with E-state index in [1.165, 1.54) is 5.56 Å². The highest BCUT2D eigenvalue weighted by Crippen LogP contribution is 2.23. The van der Waals surface area contributed by atoms with Gasteiger partial charge in [-0.2, -0.15) is 0 Å². The van der Waals surface area contributed by atoms with Crippen LogP contribution in [0.2, 0.25) is 0 Å². The van der Waals surface area contributed by atoms with Gasteiger partial charge in [-0.05, 0) is 73.7 Å². The van der Waals surface area contributed by atoms with Crippen LogP contribution in [0.1, 0.15) is 30.4 Å². The highest BCUT2D eigenvalue weighted by Gasteiger charge is 2.19. The Morgan fingerprint density at radius 2 is 1.52 bits per heavy atom. The molecule has 1 amide bonds. The number of benzene rings is 2. The molecule has 0 unspecified atom stereocenters. The zero-order valence-electron chi connectivity index (χ0n) is 18.9. The van der Waals surface area contributed by atoms with Gasteiger partial charge in [-0.3, -0.25) is 9.69 Å². The van der Waals surface area contributed by atoms with Gasteiger partial charge >= 0.3 is 0 Å². The van der Waals surface area contributed by atoms with Crippen molar-refractivity contribution in [1.29, 1.82) is 0 Å². The Bertz CT molecular complexity index is 808. The van der Waals surface area contributed by atoms with E-state index in [0.717, 1.165) is 61.8 Å². The van der Waals surface area contributed by atoms with Crippen LogP contribution < -0.4 is 19.5 Å². The molecule has 1 aliphatic heterocycles. The molecule has 1 N–H and O–H groups in total. The third-order valence-corrected chi connectivity index (χ3v) is 5.91. The maximum absolute atomic E-state index is 12.3. The van der Waals surface area contributed by atoms with Gasteiger partial charge in [0.25, 0.3) is 0 Å². The van der Waals surface area contributed by atoms with E-state index in [2.05, 4.69) is 22.3 Å². The maximum atomic E-state index is 12.3. The fourth-order valence-electron chi connectivity index (χ4n) is 3.95. The summed E-state index contributed by atoms with van der Waals surface area (Å²) < 4.78 is 15.8. The number of carbonyl (C=O) groups excluding carboxylic acids is 1. The predicted molar refractivity (Wildman–Crippen MR) is 122 cm³/mol. The molecule has 6 nitrogen and oxygen atoms in total. The molecule has 2 aromatic rings. The lowest BCUT2D eigenvalue weighted by molar-refractivity contribution is -0.121. The van der Waals surface area contributed by atoms with Crippen LogP contribution in [0, 0.1) is 5.92 Å². The first kappa shape index (κ1) is 22.9. The van der Waals surface area contributed by atoms with Crippen LogP contribution in [0.4, 0.5) is 0 Å². The Labute approximate surface area is 185 Å². The summed E-state index contributed by atoms with van der Waals surface area (Å²) in [5, 5.41) is 3.12. The van der Waals surface area contributed by atoms with Gasteiger partial charge in [0, 0.05) is 25.6 Å². The molecule has 3 rings (SSSR count). The number of nitrogens with zero attached hydrogens (tertiary/aromatic N) is 1. The van der Waals surface area contributed by atoms with Crippen molar-refractivity contribution in [2.24, 2.45) is 5.92 Å². The smallest absolute Gasteiger partial charge is 0.220 e. The molecule has 0 radical (unpaired) electrons. The van der Waals surface area contributed by atoms with Crippen LogP contribution in [-0.2, 0) is 17.8 Å². The van der Waals surface area contributed by atoms with Crippen molar-refractivity contribution in [1.82, 2.24) is 10.2 Å². The second-order valence-corrected chi connectivity index (χ2v) is 8.09. The van der Waals surface area contributed by atoms with Crippen molar-refractivity contribution < 1.29 is 19.0 Å². The first-order valence-corrected chi connectivity index (χ1v) is 10.9. The number of hydrogen-bond donors (Lipinski definition) is 1. The zero-order valence-corrected chi connectivity index (χ0v) is 18.9. The van der Waals surface area contributed by atoms with Crippen molar-refractivity contribution in [3.63, 3.8) is 0 Å². The summed E-state index contributed by atoms with van der Waals surface area (Å²) >= 11 is 0. The van der Waals surface area contributed by atoms with Crippen LogP contribution in [0.25, 0.3) is 0 Å². The van der Waals surface area contributed by atoms with E-state index in [1.807, 2.05) is 30.3 Å². The number of ether oxygens (including phenoxy) is 3. The molecule has 31 heavy (non-hydrogen) atoms. The van der Waals surface area contributed by atoms with Gasteiger partial charge < -0.3 is 19.5 Å². The molecule has 0 bridgehead atoms. The monoisotopic (exact) mass is 426 g/mol. The summed E-state index contributed by atoms with van der Waals surface area (Å²) in [7, 11) is 4.95. The number of carbonyl (C=O) groups is 1. The van der Waals surface area contributed by atoms with E-state index >= 15 is 0 Å². The number of rotatable bonds is 10. The van der Waals surface area contributed by atoms with Crippen LogP contribution in [0.5, 0.6) is 17.2 Å². The van der Waals surface area contributed by atoms with Gasteiger partial charge in [0.05, 0.1) is 21.3 Å². The summed E-state index contributed by atoms with van der Waals surface area (Å²) in [4.78, 5) is 14.8. The van der Waals surface area contributed by atoms with E-state index in [0.29, 0.717) is 18.8 Å². The number of aryl methyl sites for hydroxylation is 1. The molecule has 2 aromatic carbocycles. The number of nitrogens with one attached hydrogen (secondary N) is 1. The van der Waals surface area contributed by atoms with Crippen LogP contribution >= 0.6 is 0 Å². The summed E-state index contributed by atoms with van der Waals surface area (Å²) in [6.45, 7) is 3.86. The van der Waals surface area contributed by atoms with Gasteiger partial charge in [-0.1, -0.05) is 12.1 Å². The quantitative estimate of drug-likeness (QED) is 0.628. The third-order valence-electron chi connectivity index (χ3n) is 5.91. The third kappa shape index (κ3) is 7.17. The minimum Gasteiger partial charge on any atom is -0.497 e. The van der Waals surface area contributed by atoms with Crippen molar-refractivity contribution in [3.8, 4) is 17.2 Å². The number of hydrogen-bond acceptors (Lipinski definition) is 5. The Morgan fingerprint density at radius 3 is 2.10 bits per heavy atom. The highest BCUT2D eigenvalue weighted by molar-refractivity contribution is 5.76. The first-order valence-electron chi connectivity index (χ1n) is 10.9. The Kier molecular flexibility index (Phi) is 8.59. The number of methoxy groups -OCH3 is 3. The fourth-order valence-corrected chi connectivity index (χ4v) is 3.95. The molecule has 1 fully saturated rings. The number of amides is 1. The topological polar surface area (TPSA) is 60.0 Å². The lowest BCUT2D eigenvalue weighted by atomic mass is 9.96. The molecule has 168 valence electrons. The standard InChI is InChI=1S/C25H34N2O4/c1-29-22-7-4-20(5-8-22)18-27-12-10-19(11-13-27)17-26-25(28)9-6-21-14-23(30-2)16-24(15-21)31-3/h4-5,7-8,14-16,19H,6,9-13,17-18H2,1-3H3,(H,26,28). The molecule has 0 aromatic heterocycles. The normalized spacial score (nSPS) is 14.8. The zero-order chi connectivity index (χ0) is 22.1. The van der Waals surface area contributed by atoms with Gasteiger partial charge in [0.2, 0.25) is 5.91 Å². The molecule has 1 heterocycles. The second-order valence-electron chi connectivity index (χ2n) is 8.09. The highest BCUT2D eigenvalue weighted by atomic mass is 16.5. The predicted octanol–water partition coefficient (Wildman–Crippen LogP) is 3.67. The maximum Gasteiger partial charge on any atom is 0.220 e. The Balaban J connectivity index is 1.36. The molecule has 0 atom stereocenters. The van der Waals surface area contributed by atoms with Crippen molar-refractivity contribution >= 4 is 5.91 Å². The van der Waals surface area contributed by atoms with E-state index in [-0.39, 0.29) is 5.91 Å². The molecular weight excluding hydrogens is 392 g/mol. The van der Waals surface area contributed by atoms with Crippen LogP contribution in [0.3, 0.4) is 0 Å². The van der Waals surface area contributed by atoms with E-state index in [9.17, 15) is 4.79 Å². The molecule has 6 heteroatoms. The van der Waals surface area contributed by atoms with E-state index < -0.39 is 0 Å². The molecule has 1 aliphatic rings. The average Bonchev–Trinajstić information content (AvgIpc) is 2.82. The Morgan fingerprint density at radius 1 is 0.903 bits per heavy atom. The van der Waals surface area contributed by atoms with E-state index in [1.54, 1.807) is 21.3 Å². The molecular formula is C25H34N2O4. The SMILES string of the molecule is COc1ccc(CN2CCC(CNC(=O)CCc3cc(OC)cc(OC)c3)CC2)cc1. The number of likely N-dealkylation sites (tertiary alicyclic amines) is 1. The first-order chi connectivity index (χ1) is 15.1. The summed E-state index contributed by atoms with van der Waals surface area (Å²) in [6.07, 6.45) is 3.36. The van der Waals surface area contributed by atoms with E-state index in [4.69, 9.17) is 14.2 Å². The minimum atomic E-state index is 0.0995. The number of piperidine rings is 1. The average molecular weight is 427 g/mol.